The summed E-state index contributed by atoms with van der Waals surface area (Å²) in [5.74, 6) is 1.83. The average molecular weight is 389 g/mol. The molecule has 144 valence electrons. The van der Waals surface area contributed by atoms with E-state index in [2.05, 4.69) is 4.90 Å². The van der Waals surface area contributed by atoms with E-state index in [4.69, 9.17) is 21.1 Å². The molecule has 6 heteroatoms. The van der Waals surface area contributed by atoms with Gasteiger partial charge < -0.3 is 14.4 Å². The van der Waals surface area contributed by atoms with Crippen molar-refractivity contribution >= 4 is 17.5 Å². The van der Waals surface area contributed by atoms with Crippen molar-refractivity contribution in [2.24, 2.45) is 0 Å². The maximum absolute atomic E-state index is 12.6. The summed E-state index contributed by atoms with van der Waals surface area (Å²) >= 11 is 6.01. The second-order valence-electron chi connectivity index (χ2n) is 6.64. The van der Waals surface area contributed by atoms with Crippen molar-refractivity contribution in [1.29, 1.82) is 0 Å². The molecule has 3 rings (SSSR count). The molecule has 1 fully saturated rings. The van der Waals surface area contributed by atoms with E-state index >= 15 is 0 Å². The quantitative estimate of drug-likeness (QED) is 0.761. The van der Waals surface area contributed by atoms with Crippen LogP contribution in [0.3, 0.4) is 0 Å². The molecule has 0 unspecified atom stereocenters. The first-order chi connectivity index (χ1) is 13.1. The average Bonchev–Trinajstić information content (AvgIpc) is 2.68. The minimum Gasteiger partial charge on any atom is -0.497 e. The molecule has 1 heterocycles. The normalized spacial score (nSPS) is 14.9. The minimum atomic E-state index is 0.149. The van der Waals surface area contributed by atoms with Crippen LogP contribution in [0.25, 0.3) is 0 Å². The van der Waals surface area contributed by atoms with Crippen LogP contribution in [0.5, 0.6) is 11.5 Å². The van der Waals surface area contributed by atoms with Gasteiger partial charge in [0.1, 0.15) is 11.5 Å². The standard InChI is InChI=1S/C21H25ClN2O3/c1-26-19-6-7-20(27-2)17(14-19)15-23-8-10-24(11-9-23)21(25)13-16-4-3-5-18(22)12-16/h3-7,12,14H,8-11,13,15H2,1-2H3. The second kappa shape index (κ2) is 9.11. The molecule has 0 atom stereocenters. The molecule has 0 saturated carbocycles. The number of nitrogens with zero attached hydrogens (tertiary/aromatic N) is 2. The lowest BCUT2D eigenvalue weighted by Crippen LogP contribution is -2.48. The molecule has 27 heavy (non-hydrogen) atoms. The van der Waals surface area contributed by atoms with Crippen molar-refractivity contribution in [2.75, 3.05) is 40.4 Å². The molecular formula is C21H25ClN2O3. The summed E-state index contributed by atoms with van der Waals surface area (Å²) in [6, 6.07) is 13.3. The molecule has 0 N–H and O–H groups in total. The number of piperazine rings is 1. The van der Waals surface area contributed by atoms with Crippen molar-refractivity contribution in [2.45, 2.75) is 13.0 Å². The Hall–Kier alpha value is -2.24. The van der Waals surface area contributed by atoms with Gasteiger partial charge in [-0.15, -0.1) is 0 Å². The van der Waals surface area contributed by atoms with Crippen molar-refractivity contribution in [1.82, 2.24) is 9.80 Å². The molecular weight excluding hydrogens is 364 g/mol. The van der Waals surface area contributed by atoms with Crippen LogP contribution in [0.4, 0.5) is 0 Å². The monoisotopic (exact) mass is 388 g/mol. The van der Waals surface area contributed by atoms with Crippen LogP contribution in [-0.2, 0) is 17.8 Å². The van der Waals surface area contributed by atoms with Gasteiger partial charge in [0.25, 0.3) is 0 Å². The van der Waals surface area contributed by atoms with Crippen molar-refractivity contribution in [3.05, 3.63) is 58.6 Å². The number of hydrogen-bond acceptors (Lipinski definition) is 4. The summed E-state index contributed by atoms with van der Waals surface area (Å²) in [6.45, 7) is 3.90. The number of carbonyl (C=O) groups is 1. The third-order valence-electron chi connectivity index (χ3n) is 4.85. The van der Waals surface area contributed by atoms with Gasteiger partial charge in [-0.2, -0.15) is 0 Å². The molecule has 0 spiro atoms. The predicted molar refractivity (Wildman–Crippen MR) is 107 cm³/mol. The Balaban J connectivity index is 1.55. The highest BCUT2D eigenvalue weighted by atomic mass is 35.5. The van der Waals surface area contributed by atoms with Crippen LogP contribution >= 0.6 is 11.6 Å². The maximum atomic E-state index is 12.6. The van der Waals surface area contributed by atoms with E-state index in [1.54, 1.807) is 14.2 Å². The zero-order chi connectivity index (χ0) is 19.2. The Morgan fingerprint density at radius 3 is 2.48 bits per heavy atom. The first-order valence-corrected chi connectivity index (χ1v) is 9.42. The lowest BCUT2D eigenvalue weighted by Gasteiger charge is -2.35. The molecule has 1 amide bonds. The maximum Gasteiger partial charge on any atom is 0.227 e. The van der Waals surface area contributed by atoms with Crippen LogP contribution in [0.2, 0.25) is 5.02 Å². The van der Waals surface area contributed by atoms with Crippen molar-refractivity contribution in [3.63, 3.8) is 0 Å². The van der Waals surface area contributed by atoms with E-state index in [-0.39, 0.29) is 5.91 Å². The Bertz CT molecular complexity index is 789. The lowest BCUT2D eigenvalue weighted by atomic mass is 10.1. The number of rotatable bonds is 6. The molecule has 0 radical (unpaired) electrons. The summed E-state index contributed by atoms with van der Waals surface area (Å²) in [4.78, 5) is 16.8. The highest BCUT2D eigenvalue weighted by molar-refractivity contribution is 6.30. The zero-order valence-electron chi connectivity index (χ0n) is 15.8. The summed E-state index contributed by atoms with van der Waals surface area (Å²) in [7, 11) is 3.34. The van der Waals surface area contributed by atoms with Crippen LogP contribution in [0.1, 0.15) is 11.1 Å². The van der Waals surface area contributed by atoms with Gasteiger partial charge in [-0.25, -0.2) is 0 Å². The Labute approximate surface area is 165 Å². The third kappa shape index (κ3) is 5.15. The predicted octanol–water partition coefficient (Wildman–Crippen LogP) is 3.24. The van der Waals surface area contributed by atoms with Crippen LogP contribution in [0, 0.1) is 0 Å². The van der Waals surface area contributed by atoms with E-state index < -0.39 is 0 Å². The number of hydrogen-bond donors (Lipinski definition) is 0. The van der Waals surface area contributed by atoms with Gasteiger partial charge in [0.05, 0.1) is 20.6 Å². The highest BCUT2D eigenvalue weighted by Gasteiger charge is 2.22. The summed E-state index contributed by atoms with van der Waals surface area (Å²) < 4.78 is 10.8. The number of benzene rings is 2. The number of carbonyl (C=O) groups excluding carboxylic acids is 1. The summed E-state index contributed by atoms with van der Waals surface area (Å²) in [5.41, 5.74) is 2.05. The molecule has 0 aliphatic carbocycles. The van der Waals surface area contributed by atoms with Gasteiger partial charge in [-0.3, -0.25) is 9.69 Å². The first-order valence-electron chi connectivity index (χ1n) is 9.04. The molecule has 2 aromatic carbocycles. The largest absolute Gasteiger partial charge is 0.497 e. The van der Waals surface area contributed by atoms with Crippen molar-refractivity contribution in [3.8, 4) is 11.5 Å². The lowest BCUT2D eigenvalue weighted by molar-refractivity contribution is -0.132. The van der Waals surface area contributed by atoms with Gasteiger partial charge in [0.2, 0.25) is 5.91 Å². The Morgan fingerprint density at radius 1 is 1.04 bits per heavy atom. The Morgan fingerprint density at radius 2 is 1.81 bits per heavy atom. The SMILES string of the molecule is COc1ccc(OC)c(CN2CCN(C(=O)Cc3cccc(Cl)c3)CC2)c1. The summed E-state index contributed by atoms with van der Waals surface area (Å²) in [5, 5.41) is 0.664. The van der Waals surface area contributed by atoms with Gasteiger partial charge in [-0.05, 0) is 35.9 Å². The van der Waals surface area contributed by atoms with E-state index in [0.29, 0.717) is 11.4 Å². The number of halogens is 1. The van der Waals surface area contributed by atoms with E-state index in [1.165, 1.54) is 0 Å². The first kappa shape index (κ1) is 19.5. The third-order valence-corrected chi connectivity index (χ3v) is 5.09. The molecule has 2 aromatic rings. The number of ether oxygens (including phenoxy) is 2. The molecule has 1 saturated heterocycles. The topological polar surface area (TPSA) is 42.0 Å². The van der Waals surface area contributed by atoms with E-state index in [0.717, 1.165) is 55.3 Å². The van der Waals surface area contributed by atoms with Crippen molar-refractivity contribution < 1.29 is 14.3 Å². The number of amides is 1. The van der Waals surface area contributed by atoms with Crippen LogP contribution in [-0.4, -0.2) is 56.1 Å². The fourth-order valence-corrected chi connectivity index (χ4v) is 3.55. The van der Waals surface area contributed by atoms with Gasteiger partial charge >= 0.3 is 0 Å². The smallest absolute Gasteiger partial charge is 0.227 e. The highest BCUT2D eigenvalue weighted by Crippen LogP contribution is 2.25. The van der Waals surface area contributed by atoms with Gasteiger partial charge in [-0.1, -0.05) is 23.7 Å². The molecule has 0 aromatic heterocycles. The molecule has 5 nitrogen and oxygen atoms in total. The van der Waals surface area contributed by atoms with Gasteiger partial charge in [0, 0.05) is 43.3 Å². The molecule has 1 aliphatic rings. The van der Waals surface area contributed by atoms with Crippen LogP contribution < -0.4 is 9.47 Å². The molecule has 0 bridgehead atoms. The van der Waals surface area contributed by atoms with E-state index in [9.17, 15) is 4.79 Å². The van der Waals surface area contributed by atoms with Gasteiger partial charge in [0.15, 0.2) is 0 Å². The van der Waals surface area contributed by atoms with Crippen LogP contribution in [0.15, 0.2) is 42.5 Å². The fourth-order valence-electron chi connectivity index (χ4n) is 3.34. The zero-order valence-corrected chi connectivity index (χ0v) is 16.5. The Kier molecular flexibility index (Phi) is 6.58. The molecule has 1 aliphatic heterocycles. The minimum absolute atomic E-state index is 0.149. The fraction of sp³-hybridized carbons (Fsp3) is 0.381. The second-order valence-corrected chi connectivity index (χ2v) is 7.08. The summed E-state index contributed by atoms with van der Waals surface area (Å²) in [6.07, 6.45) is 0.393. The number of methoxy groups -OCH3 is 2. The van der Waals surface area contributed by atoms with E-state index in [1.807, 2.05) is 47.4 Å².